The summed E-state index contributed by atoms with van der Waals surface area (Å²) in [5.41, 5.74) is 1.86. The molecule has 1 N–H and O–H groups in total. The molecule has 0 bridgehead atoms. The van der Waals surface area contributed by atoms with E-state index in [0.29, 0.717) is 6.42 Å². The van der Waals surface area contributed by atoms with E-state index in [4.69, 9.17) is 9.47 Å². The fourth-order valence-corrected chi connectivity index (χ4v) is 3.24. The molecule has 1 aliphatic rings. The molecule has 124 valence electrons. The summed E-state index contributed by atoms with van der Waals surface area (Å²) < 4.78 is 11.4. The van der Waals surface area contributed by atoms with Crippen LogP contribution in [0.2, 0.25) is 0 Å². The van der Waals surface area contributed by atoms with Crippen LogP contribution in [0.4, 0.5) is 0 Å². The fourth-order valence-electron chi connectivity index (χ4n) is 3.24. The van der Waals surface area contributed by atoms with Gasteiger partial charge in [-0.25, -0.2) is 0 Å². The number of benzene rings is 2. The molecule has 0 saturated carbocycles. The topological polar surface area (TPSA) is 54.3 Å². The molecule has 0 unspecified atom stereocenters. The van der Waals surface area contributed by atoms with Gasteiger partial charge in [-0.3, -0.25) is 0 Å². The van der Waals surface area contributed by atoms with E-state index < -0.39 is 0 Å². The number of methoxy groups -OCH3 is 1. The molecule has 4 nitrogen and oxygen atoms in total. The average Bonchev–Trinajstić information content (AvgIpc) is 3.02. The van der Waals surface area contributed by atoms with Gasteiger partial charge in [-0.1, -0.05) is 30.3 Å². The van der Waals surface area contributed by atoms with Crippen molar-refractivity contribution in [3.63, 3.8) is 0 Å². The fraction of sp³-hybridized carbons (Fsp3) is 0.350. The van der Waals surface area contributed by atoms with Crippen LogP contribution in [0.25, 0.3) is 0 Å². The van der Waals surface area contributed by atoms with E-state index in [0.717, 1.165) is 35.6 Å². The minimum atomic E-state index is -0.337. The van der Waals surface area contributed by atoms with Crippen LogP contribution in [0, 0.1) is 18.3 Å². The largest absolute Gasteiger partial charge is 0.457 e. The summed E-state index contributed by atoms with van der Waals surface area (Å²) >= 11 is 0. The summed E-state index contributed by atoms with van der Waals surface area (Å²) in [6.45, 7) is 2.79. The van der Waals surface area contributed by atoms with Crippen LogP contribution in [0.1, 0.15) is 24.0 Å². The highest BCUT2D eigenvalue weighted by Crippen LogP contribution is 2.36. The minimum absolute atomic E-state index is 0.140. The van der Waals surface area contributed by atoms with Crippen molar-refractivity contribution in [3.8, 4) is 17.6 Å². The van der Waals surface area contributed by atoms with Gasteiger partial charge in [0.25, 0.3) is 0 Å². The molecule has 24 heavy (non-hydrogen) atoms. The molecule has 2 aromatic carbocycles. The summed E-state index contributed by atoms with van der Waals surface area (Å²) in [4.78, 5) is 0. The lowest BCUT2D eigenvalue weighted by molar-refractivity contribution is 0.112. The predicted molar refractivity (Wildman–Crippen MR) is 93.0 cm³/mol. The molecule has 0 radical (unpaired) electrons. The van der Waals surface area contributed by atoms with Gasteiger partial charge >= 0.3 is 0 Å². The Hall–Kier alpha value is -2.35. The second-order valence-corrected chi connectivity index (χ2v) is 6.25. The number of aryl methyl sites for hydroxylation is 1. The maximum Gasteiger partial charge on any atom is 0.130 e. The molecule has 0 aliphatic carbocycles. The van der Waals surface area contributed by atoms with Gasteiger partial charge in [0, 0.05) is 13.7 Å². The number of nitriles is 1. The van der Waals surface area contributed by atoms with Crippen molar-refractivity contribution in [1.82, 2.24) is 5.32 Å². The Bertz CT molecular complexity index is 736. The van der Waals surface area contributed by atoms with Gasteiger partial charge in [0.15, 0.2) is 0 Å². The Morgan fingerprint density at radius 2 is 1.96 bits per heavy atom. The maximum absolute atomic E-state index is 9.24. The van der Waals surface area contributed by atoms with Crippen molar-refractivity contribution in [3.05, 3.63) is 59.7 Å². The van der Waals surface area contributed by atoms with Crippen LogP contribution < -0.4 is 10.1 Å². The molecule has 1 fully saturated rings. The monoisotopic (exact) mass is 322 g/mol. The summed E-state index contributed by atoms with van der Waals surface area (Å²) in [5, 5.41) is 12.7. The first-order chi connectivity index (χ1) is 11.7. The number of nitrogens with one attached hydrogen (secondary N) is 1. The van der Waals surface area contributed by atoms with Crippen molar-refractivity contribution in [2.75, 3.05) is 13.7 Å². The number of rotatable bonds is 5. The first-order valence-corrected chi connectivity index (χ1v) is 8.16. The van der Waals surface area contributed by atoms with Crippen molar-refractivity contribution < 1.29 is 9.47 Å². The first-order valence-electron chi connectivity index (χ1n) is 8.16. The standard InChI is InChI=1S/C20H22N2O2/c1-15-5-3-4-6-19(15)24-17-9-7-16(8-10-17)20(11-12-21)13-18(23-2)14-22-20/h3-10,18,22H,11,13-14H2,1-2H3/t18-,20+/m0/s1. The van der Waals surface area contributed by atoms with E-state index >= 15 is 0 Å². The third kappa shape index (κ3) is 3.28. The first kappa shape index (κ1) is 16.5. The smallest absolute Gasteiger partial charge is 0.130 e. The van der Waals surface area contributed by atoms with Crippen LogP contribution in [-0.2, 0) is 10.3 Å². The second-order valence-electron chi connectivity index (χ2n) is 6.25. The van der Waals surface area contributed by atoms with Crippen LogP contribution in [-0.4, -0.2) is 19.8 Å². The molecule has 2 atom stereocenters. The molecule has 3 rings (SSSR count). The highest BCUT2D eigenvalue weighted by atomic mass is 16.5. The lowest BCUT2D eigenvalue weighted by Gasteiger charge is -2.27. The second kappa shape index (κ2) is 7.04. The summed E-state index contributed by atoms with van der Waals surface area (Å²) in [5.74, 6) is 1.65. The van der Waals surface area contributed by atoms with Crippen molar-refractivity contribution in [2.45, 2.75) is 31.4 Å². The number of nitrogens with zero attached hydrogens (tertiary/aromatic N) is 1. The molecular formula is C20H22N2O2. The SMILES string of the molecule is CO[C@@H]1CN[C@@](CC#N)(c2ccc(Oc3ccccc3C)cc2)C1. The van der Waals surface area contributed by atoms with Crippen LogP contribution in [0.3, 0.4) is 0 Å². The molecule has 1 heterocycles. The Kier molecular flexibility index (Phi) is 4.84. The number of ether oxygens (including phenoxy) is 2. The van der Waals surface area contributed by atoms with Gasteiger partial charge in [-0.05, 0) is 42.7 Å². The zero-order valence-corrected chi connectivity index (χ0v) is 14.1. The molecule has 0 spiro atoms. The minimum Gasteiger partial charge on any atom is -0.457 e. The quantitative estimate of drug-likeness (QED) is 0.907. The van der Waals surface area contributed by atoms with Gasteiger partial charge in [0.2, 0.25) is 0 Å². The molecule has 0 aromatic heterocycles. The molecule has 1 saturated heterocycles. The Morgan fingerprint density at radius 1 is 1.21 bits per heavy atom. The maximum atomic E-state index is 9.24. The van der Waals surface area contributed by atoms with Crippen LogP contribution in [0.5, 0.6) is 11.5 Å². The number of hydrogen-bond donors (Lipinski definition) is 1. The zero-order valence-electron chi connectivity index (χ0n) is 14.1. The van der Waals surface area contributed by atoms with Crippen molar-refractivity contribution in [1.29, 1.82) is 5.26 Å². The average molecular weight is 322 g/mol. The van der Waals surface area contributed by atoms with Crippen LogP contribution >= 0.6 is 0 Å². The molecule has 1 aliphatic heterocycles. The Labute approximate surface area is 143 Å². The lowest BCUT2D eigenvalue weighted by Crippen LogP contribution is -2.36. The van der Waals surface area contributed by atoms with E-state index in [-0.39, 0.29) is 11.6 Å². The van der Waals surface area contributed by atoms with Gasteiger partial charge in [-0.15, -0.1) is 0 Å². The van der Waals surface area contributed by atoms with Gasteiger partial charge < -0.3 is 14.8 Å². The van der Waals surface area contributed by atoms with Crippen molar-refractivity contribution in [2.24, 2.45) is 0 Å². The van der Waals surface area contributed by atoms with Gasteiger partial charge in [0.05, 0.1) is 24.1 Å². The van der Waals surface area contributed by atoms with Gasteiger partial charge in [0.1, 0.15) is 11.5 Å². The lowest BCUT2D eigenvalue weighted by atomic mass is 9.85. The van der Waals surface area contributed by atoms with E-state index in [9.17, 15) is 5.26 Å². The third-order valence-corrected chi connectivity index (χ3v) is 4.69. The normalized spacial score (nSPS) is 23.0. The highest BCUT2D eigenvalue weighted by molar-refractivity contribution is 5.39. The highest BCUT2D eigenvalue weighted by Gasteiger charge is 2.40. The molecule has 4 heteroatoms. The molecule has 0 amide bonds. The molecule has 2 aromatic rings. The van der Waals surface area contributed by atoms with Gasteiger partial charge in [-0.2, -0.15) is 5.26 Å². The van der Waals surface area contributed by atoms with Crippen LogP contribution in [0.15, 0.2) is 48.5 Å². The molecular weight excluding hydrogens is 300 g/mol. The Morgan fingerprint density at radius 3 is 2.58 bits per heavy atom. The number of hydrogen-bond acceptors (Lipinski definition) is 4. The zero-order chi connectivity index (χ0) is 17.0. The van der Waals surface area contributed by atoms with Crippen molar-refractivity contribution >= 4 is 0 Å². The summed E-state index contributed by atoms with van der Waals surface area (Å²) in [7, 11) is 1.72. The van der Waals surface area contributed by atoms with E-state index in [1.54, 1.807) is 7.11 Å². The van der Waals surface area contributed by atoms with E-state index in [2.05, 4.69) is 11.4 Å². The predicted octanol–water partition coefficient (Wildman–Crippen LogP) is 3.90. The summed E-state index contributed by atoms with van der Waals surface area (Å²) in [6, 6.07) is 18.3. The van der Waals surface area contributed by atoms with E-state index in [1.165, 1.54) is 0 Å². The summed E-state index contributed by atoms with van der Waals surface area (Å²) in [6.07, 6.45) is 1.36. The number of para-hydroxylation sites is 1. The Balaban J connectivity index is 1.81. The third-order valence-electron chi connectivity index (χ3n) is 4.69. The van der Waals surface area contributed by atoms with E-state index in [1.807, 2.05) is 55.5 Å².